The van der Waals surface area contributed by atoms with Crippen molar-refractivity contribution in [3.05, 3.63) is 54.1 Å². The van der Waals surface area contributed by atoms with E-state index in [1.807, 2.05) is 30.3 Å². The molecule has 0 spiro atoms. The zero-order valence-electron chi connectivity index (χ0n) is 11.8. The molecular formula is C16H16N2O3. The number of rotatable bonds is 4. The van der Waals surface area contributed by atoms with Crippen LogP contribution in [0.4, 0.5) is 17.1 Å². The maximum atomic E-state index is 11.6. The lowest BCUT2D eigenvalue weighted by atomic mass is 10.1. The van der Waals surface area contributed by atoms with Crippen molar-refractivity contribution >= 4 is 28.9 Å². The average Bonchev–Trinajstić information content (AvgIpc) is 2.48. The van der Waals surface area contributed by atoms with Crippen LogP contribution < -0.4 is 10.6 Å². The van der Waals surface area contributed by atoms with Crippen LogP contribution in [0.1, 0.15) is 17.3 Å². The summed E-state index contributed by atoms with van der Waals surface area (Å²) in [6.07, 6.45) is 0. The topological polar surface area (TPSA) is 67.4 Å². The fourth-order valence-electron chi connectivity index (χ4n) is 1.87. The van der Waals surface area contributed by atoms with E-state index < -0.39 is 5.97 Å². The highest BCUT2D eigenvalue weighted by Crippen LogP contribution is 2.27. The van der Waals surface area contributed by atoms with Crippen molar-refractivity contribution in [1.82, 2.24) is 0 Å². The van der Waals surface area contributed by atoms with Crippen molar-refractivity contribution in [2.24, 2.45) is 0 Å². The lowest BCUT2D eigenvalue weighted by Gasteiger charge is -2.13. The zero-order chi connectivity index (χ0) is 15.2. The van der Waals surface area contributed by atoms with Crippen LogP contribution in [0.3, 0.4) is 0 Å². The molecular weight excluding hydrogens is 268 g/mol. The molecule has 0 heterocycles. The van der Waals surface area contributed by atoms with Crippen molar-refractivity contribution in [2.75, 3.05) is 17.7 Å². The number of hydrogen-bond acceptors (Lipinski definition) is 4. The maximum absolute atomic E-state index is 11.6. The number of methoxy groups -OCH3 is 1. The molecule has 0 atom stereocenters. The second-order valence-corrected chi connectivity index (χ2v) is 4.42. The Balaban J connectivity index is 2.35. The van der Waals surface area contributed by atoms with E-state index in [1.54, 1.807) is 18.2 Å². The Bertz CT molecular complexity index is 654. The number of anilines is 3. The minimum Gasteiger partial charge on any atom is -0.465 e. The molecule has 108 valence electrons. The highest BCUT2D eigenvalue weighted by atomic mass is 16.5. The second kappa shape index (κ2) is 6.56. The van der Waals surface area contributed by atoms with E-state index in [2.05, 4.69) is 15.4 Å². The molecule has 0 aromatic heterocycles. The van der Waals surface area contributed by atoms with E-state index in [1.165, 1.54) is 14.0 Å². The van der Waals surface area contributed by atoms with Gasteiger partial charge >= 0.3 is 5.97 Å². The smallest absolute Gasteiger partial charge is 0.337 e. The predicted molar refractivity (Wildman–Crippen MR) is 81.8 cm³/mol. The highest BCUT2D eigenvalue weighted by molar-refractivity contribution is 5.97. The van der Waals surface area contributed by atoms with Crippen molar-refractivity contribution in [3.8, 4) is 0 Å². The van der Waals surface area contributed by atoms with Gasteiger partial charge in [-0.3, -0.25) is 4.79 Å². The van der Waals surface area contributed by atoms with E-state index in [-0.39, 0.29) is 5.91 Å². The van der Waals surface area contributed by atoms with Gasteiger partial charge in [-0.2, -0.15) is 0 Å². The number of para-hydroxylation sites is 1. The van der Waals surface area contributed by atoms with Crippen molar-refractivity contribution in [2.45, 2.75) is 6.92 Å². The SMILES string of the molecule is COC(=O)c1ccc(Nc2ccccc2)c(NC(C)=O)c1. The lowest BCUT2D eigenvalue weighted by molar-refractivity contribution is -0.114. The molecule has 0 saturated heterocycles. The van der Waals surface area contributed by atoms with Gasteiger partial charge in [0.15, 0.2) is 0 Å². The Kier molecular flexibility index (Phi) is 4.56. The summed E-state index contributed by atoms with van der Waals surface area (Å²) in [6, 6.07) is 14.5. The number of benzene rings is 2. The first kappa shape index (κ1) is 14.6. The van der Waals surface area contributed by atoms with Crippen LogP contribution in [0.5, 0.6) is 0 Å². The quantitative estimate of drug-likeness (QED) is 0.846. The van der Waals surface area contributed by atoms with Gasteiger partial charge in [0.05, 0.1) is 24.0 Å². The van der Waals surface area contributed by atoms with Crippen molar-refractivity contribution in [1.29, 1.82) is 0 Å². The normalized spacial score (nSPS) is 9.81. The summed E-state index contributed by atoms with van der Waals surface area (Å²) in [6.45, 7) is 1.41. The van der Waals surface area contributed by atoms with Crippen molar-refractivity contribution < 1.29 is 14.3 Å². The van der Waals surface area contributed by atoms with Gasteiger partial charge in [-0.1, -0.05) is 18.2 Å². The average molecular weight is 284 g/mol. The molecule has 2 rings (SSSR count). The van der Waals surface area contributed by atoms with Crippen LogP contribution in [0.2, 0.25) is 0 Å². The Morgan fingerprint density at radius 2 is 1.71 bits per heavy atom. The lowest BCUT2D eigenvalue weighted by Crippen LogP contribution is -2.10. The number of carbonyl (C=O) groups is 2. The molecule has 5 nitrogen and oxygen atoms in total. The third-order valence-corrected chi connectivity index (χ3v) is 2.80. The summed E-state index contributed by atoms with van der Waals surface area (Å²) in [7, 11) is 1.32. The van der Waals surface area contributed by atoms with E-state index in [9.17, 15) is 9.59 Å². The van der Waals surface area contributed by atoms with Crippen LogP contribution in [0.25, 0.3) is 0 Å². The fourth-order valence-corrected chi connectivity index (χ4v) is 1.87. The van der Waals surface area contributed by atoms with Gasteiger partial charge in [-0.05, 0) is 30.3 Å². The largest absolute Gasteiger partial charge is 0.465 e. The number of nitrogens with one attached hydrogen (secondary N) is 2. The first-order valence-corrected chi connectivity index (χ1v) is 6.42. The van der Waals surface area contributed by atoms with Gasteiger partial charge < -0.3 is 15.4 Å². The van der Waals surface area contributed by atoms with Crippen molar-refractivity contribution in [3.63, 3.8) is 0 Å². The molecule has 2 aromatic rings. The molecule has 5 heteroatoms. The first-order valence-electron chi connectivity index (χ1n) is 6.42. The Morgan fingerprint density at radius 1 is 1.00 bits per heavy atom. The molecule has 0 aliphatic rings. The number of ether oxygens (including phenoxy) is 1. The fraction of sp³-hybridized carbons (Fsp3) is 0.125. The summed E-state index contributed by atoms with van der Waals surface area (Å²) in [5.74, 6) is -0.666. The monoisotopic (exact) mass is 284 g/mol. The number of amides is 1. The first-order chi connectivity index (χ1) is 10.1. The minimum absolute atomic E-state index is 0.215. The molecule has 0 unspecified atom stereocenters. The molecule has 2 N–H and O–H groups in total. The summed E-state index contributed by atoms with van der Waals surface area (Å²) in [5.41, 5.74) is 2.48. The zero-order valence-corrected chi connectivity index (χ0v) is 11.8. The number of hydrogen-bond donors (Lipinski definition) is 2. The third-order valence-electron chi connectivity index (χ3n) is 2.80. The van der Waals surface area contributed by atoms with Gasteiger partial charge in [0.25, 0.3) is 0 Å². The van der Waals surface area contributed by atoms with Gasteiger partial charge in [0.1, 0.15) is 0 Å². The molecule has 2 aromatic carbocycles. The van der Waals surface area contributed by atoms with E-state index in [0.717, 1.165) is 5.69 Å². The maximum Gasteiger partial charge on any atom is 0.337 e. The van der Waals surface area contributed by atoms with Crippen LogP contribution in [-0.4, -0.2) is 19.0 Å². The molecule has 21 heavy (non-hydrogen) atoms. The Labute approximate surface area is 122 Å². The Hall–Kier alpha value is -2.82. The van der Waals surface area contributed by atoms with E-state index in [0.29, 0.717) is 16.9 Å². The number of carbonyl (C=O) groups excluding carboxylic acids is 2. The van der Waals surface area contributed by atoms with E-state index >= 15 is 0 Å². The van der Waals surface area contributed by atoms with Crippen LogP contribution >= 0.6 is 0 Å². The molecule has 0 radical (unpaired) electrons. The Morgan fingerprint density at radius 3 is 2.33 bits per heavy atom. The number of esters is 1. The third kappa shape index (κ3) is 3.82. The summed E-state index contributed by atoms with van der Waals surface area (Å²) < 4.78 is 4.68. The molecule has 1 amide bonds. The predicted octanol–water partition coefficient (Wildman–Crippen LogP) is 3.18. The summed E-state index contributed by atoms with van der Waals surface area (Å²) in [4.78, 5) is 22.9. The van der Waals surface area contributed by atoms with Crippen LogP contribution in [-0.2, 0) is 9.53 Å². The molecule has 0 aliphatic carbocycles. The molecule has 0 aliphatic heterocycles. The second-order valence-electron chi connectivity index (χ2n) is 4.42. The van der Waals surface area contributed by atoms with Gasteiger partial charge in [0.2, 0.25) is 5.91 Å². The summed E-state index contributed by atoms with van der Waals surface area (Å²) in [5, 5.41) is 5.90. The highest BCUT2D eigenvalue weighted by Gasteiger charge is 2.11. The molecule has 0 saturated carbocycles. The van der Waals surface area contributed by atoms with Gasteiger partial charge in [-0.15, -0.1) is 0 Å². The van der Waals surface area contributed by atoms with Gasteiger partial charge in [0, 0.05) is 12.6 Å². The summed E-state index contributed by atoms with van der Waals surface area (Å²) >= 11 is 0. The molecule has 0 fully saturated rings. The van der Waals surface area contributed by atoms with Crippen LogP contribution in [0, 0.1) is 0 Å². The van der Waals surface area contributed by atoms with Crippen LogP contribution in [0.15, 0.2) is 48.5 Å². The standard InChI is InChI=1S/C16H16N2O3/c1-11(19)17-15-10-12(16(20)21-2)8-9-14(15)18-13-6-4-3-5-7-13/h3-10,18H,1-2H3,(H,17,19). The van der Waals surface area contributed by atoms with E-state index in [4.69, 9.17) is 0 Å². The van der Waals surface area contributed by atoms with Gasteiger partial charge in [-0.25, -0.2) is 4.79 Å². The molecule has 0 bridgehead atoms. The minimum atomic E-state index is -0.451.